The minimum atomic E-state index is 0.816. The predicted octanol–water partition coefficient (Wildman–Crippen LogP) is 5.05. The van der Waals surface area contributed by atoms with Crippen LogP contribution in [-0.4, -0.2) is 17.1 Å². The standard InChI is InChI=1S/C21H17N3O/c1-25-17-6-4-5-15(13-17)20-14-21(23-16-9-11-22-12-10-16)18-7-2-3-8-19(18)24-20/h2-14H,1H3,(H,22,23,24). The zero-order valence-electron chi connectivity index (χ0n) is 13.8. The summed E-state index contributed by atoms with van der Waals surface area (Å²) < 4.78 is 5.34. The minimum absolute atomic E-state index is 0.816. The van der Waals surface area contributed by atoms with Crippen molar-refractivity contribution in [2.24, 2.45) is 0 Å². The summed E-state index contributed by atoms with van der Waals surface area (Å²) in [6.45, 7) is 0. The largest absolute Gasteiger partial charge is 0.497 e. The molecule has 4 heteroatoms. The highest BCUT2D eigenvalue weighted by molar-refractivity contribution is 5.95. The van der Waals surface area contributed by atoms with Crippen molar-refractivity contribution in [3.8, 4) is 17.0 Å². The van der Waals surface area contributed by atoms with Crippen molar-refractivity contribution in [3.05, 3.63) is 79.1 Å². The molecular formula is C21H17N3O. The average molecular weight is 327 g/mol. The second-order valence-corrected chi connectivity index (χ2v) is 5.67. The minimum Gasteiger partial charge on any atom is -0.497 e. The van der Waals surface area contributed by atoms with E-state index >= 15 is 0 Å². The van der Waals surface area contributed by atoms with E-state index in [-0.39, 0.29) is 0 Å². The van der Waals surface area contributed by atoms with Crippen LogP contribution in [0.4, 0.5) is 11.4 Å². The summed E-state index contributed by atoms with van der Waals surface area (Å²) in [6, 6.07) is 22.0. The quantitative estimate of drug-likeness (QED) is 0.570. The van der Waals surface area contributed by atoms with E-state index in [9.17, 15) is 0 Å². The first-order chi connectivity index (χ1) is 12.3. The van der Waals surface area contributed by atoms with Crippen molar-refractivity contribution >= 4 is 22.3 Å². The number of para-hydroxylation sites is 1. The molecule has 0 aliphatic carbocycles. The molecule has 0 aliphatic rings. The van der Waals surface area contributed by atoms with Crippen molar-refractivity contribution < 1.29 is 4.74 Å². The third kappa shape index (κ3) is 3.15. The van der Waals surface area contributed by atoms with E-state index in [1.165, 1.54) is 0 Å². The van der Waals surface area contributed by atoms with Gasteiger partial charge in [0.15, 0.2) is 0 Å². The van der Waals surface area contributed by atoms with Gasteiger partial charge in [0.05, 0.1) is 24.0 Å². The lowest BCUT2D eigenvalue weighted by atomic mass is 10.1. The van der Waals surface area contributed by atoms with Crippen molar-refractivity contribution in [3.63, 3.8) is 0 Å². The third-order valence-electron chi connectivity index (χ3n) is 4.04. The SMILES string of the molecule is COc1cccc(-c2cc(Nc3ccncc3)c3ccccc3n2)c1. The Bertz CT molecular complexity index is 1020. The maximum Gasteiger partial charge on any atom is 0.119 e. The molecule has 25 heavy (non-hydrogen) atoms. The molecule has 1 N–H and O–H groups in total. The lowest BCUT2D eigenvalue weighted by Crippen LogP contribution is -1.95. The van der Waals surface area contributed by atoms with Gasteiger partial charge in [0.25, 0.3) is 0 Å². The summed E-state index contributed by atoms with van der Waals surface area (Å²) in [4.78, 5) is 8.88. The van der Waals surface area contributed by atoms with Gasteiger partial charge >= 0.3 is 0 Å². The van der Waals surface area contributed by atoms with Crippen LogP contribution in [0.3, 0.4) is 0 Å². The molecule has 122 valence electrons. The van der Waals surface area contributed by atoms with E-state index in [1.54, 1.807) is 19.5 Å². The number of fused-ring (bicyclic) bond motifs is 1. The number of rotatable bonds is 4. The molecule has 2 aromatic heterocycles. The molecule has 0 spiro atoms. The maximum absolute atomic E-state index is 5.34. The second kappa shape index (κ2) is 6.61. The molecule has 0 aliphatic heterocycles. The van der Waals surface area contributed by atoms with Crippen LogP contribution < -0.4 is 10.1 Å². The molecule has 0 bridgehead atoms. The first-order valence-electron chi connectivity index (χ1n) is 8.05. The summed E-state index contributed by atoms with van der Waals surface area (Å²) >= 11 is 0. The summed E-state index contributed by atoms with van der Waals surface area (Å²) in [5.74, 6) is 0.816. The number of nitrogens with one attached hydrogen (secondary N) is 1. The van der Waals surface area contributed by atoms with E-state index in [2.05, 4.69) is 22.4 Å². The van der Waals surface area contributed by atoms with Gasteiger partial charge in [0, 0.05) is 29.0 Å². The van der Waals surface area contributed by atoms with Gasteiger partial charge in [-0.3, -0.25) is 4.98 Å². The first kappa shape index (κ1) is 15.1. The first-order valence-corrected chi connectivity index (χ1v) is 8.05. The Morgan fingerprint density at radius 2 is 1.72 bits per heavy atom. The number of nitrogens with zero attached hydrogens (tertiary/aromatic N) is 2. The number of methoxy groups -OCH3 is 1. The summed E-state index contributed by atoms with van der Waals surface area (Å²) in [7, 11) is 1.67. The molecule has 0 radical (unpaired) electrons. The fourth-order valence-corrected chi connectivity index (χ4v) is 2.80. The highest BCUT2D eigenvalue weighted by Crippen LogP contribution is 2.31. The molecule has 0 amide bonds. The lowest BCUT2D eigenvalue weighted by molar-refractivity contribution is 0.415. The van der Waals surface area contributed by atoms with Crippen LogP contribution in [0, 0.1) is 0 Å². The molecule has 2 aromatic carbocycles. The van der Waals surface area contributed by atoms with E-state index < -0.39 is 0 Å². The highest BCUT2D eigenvalue weighted by atomic mass is 16.5. The normalized spacial score (nSPS) is 10.6. The number of anilines is 2. The Morgan fingerprint density at radius 3 is 2.56 bits per heavy atom. The Morgan fingerprint density at radius 1 is 0.880 bits per heavy atom. The Hall–Kier alpha value is -3.40. The molecule has 0 saturated heterocycles. The Kier molecular flexibility index (Phi) is 4.01. The van der Waals surface area contributed by atoms with Crippen LogP contribution in [0.1, 0.15) is 0 Å². The predicted molar refractivity (Wildman–Crippen MR) is 101 cm³/mol. The molecule has 0 unspecified atom stereocenters. The lowest BCUT2D eigenvalue weighted by Gasteiger charge is -2.12. The van der Waals surface area contributed by atoms with Crippen LogP contribution in [-0.2, 0) is 0 Å². The van der Waals surface area contributed by atoms with Gasteiger partial charge in [-0.1, -0.05) is 30.3 Å². The van der Waals surface area contributed by atoms with Gasteiger partial charge in [-0.25, -0.2) is 4.98 Å². The smallest absolute Gasteiger partial charge is 0.119 e. The topological polar surface area (TPSA) is 47.0 Å². The molecular weight excluding hydrogens is 310 g/mol. The third-order valence-corrected chi connectivity index (χ3v) is 4.04. The fourth-order valence-electron chi connectivity index (χ4n) is 2.80. The highest BCUT2D eigenvalue weighted by Gasteiger charge is 2.08. The summed E-state index contributed by atoms with van der Waals surface area (Å²) in [5.41, 5.74) is 4.86. The van der Waals surface area contributed by atoms with E-state index in [1.807, 2.05) is 54.6 Å². The number of ether oxygens (including phenoxy) is 1. The van der Waals surface area contributed by atoms with Crippen molar-refractivity contribution in [1.82, 2.24) is 9.97 Å². The molecule has 4 aromatic rings. The van der Waals surface area contributed by atoms with Gasteiger partial charge in [0.1, 0.15) is 5.75 Å². The molecule has 4 rings (SSSR count). The molecule has 0 saturated carbocycles. The fraction of sp³-hybridized carbons (Fsp3) is 0.0476. The Balaban J connectivity index is 1.86. The van der Waals surface area contributed by atoms with E-state index in [0.717, 1.165) is 39.3 Å². The summed E-state index contributed by atoms with van der Waals surface area (Å²) in [6.07, 6.45) is 3.55. The van der Waals surface area contributed by atoms with Crippen LogP contribution in [0.25, 0.3) is 22.2 Å². The van der Waals surface area contributed by atoms with Crippen molar-refractivity contribution in [2.75, 3.05) is 12.4 Å². The summed E-state index contributed by atoms with van der Waals surface area (Å²) in [5, 5.41) is 4.55. The average Bonchev–Trinajstić information content (AvgIpc) is 2.69. The number of aromatic nitrogens is 2. The van der Waals surface area contributed by atoms with Gasteiger partial charge in [0.2, 0.25) is 0 Å². The van der Waals surface area contributed by atoms with Gasteiger partial charge in [-0.15, -0.1) is 0 Å². The van der Waals surface area contributed by atoms with Crippen LogP contribution >= 0.6 is 0 Å². The second-order valence-electron chi connectivity index (χ2n) is 5.67. The molecule has 2 heterocycles. The number of hydrogen-bond acceptors (Lipinski definition) is 4. The van der Waals surface area contributed by atoms with Crippen molar-refractivity contribution in [1.29, 1.82) is 0 Å². The molecule has 0 fully saturated rings. The van der Waals surface area contributed by atoms with Gasteiger partial charge < -0.3 is 10.1 Å². The van der Waals surface area contributed by atoms with E-state index in [4.69, 9.17) is 9.72 Å². The molecule has 0 atom stereocenters. The van der Waals surface area contributed by atoms with Crippen LogP contribution in [0.5, 0.6) is 5.75 Å². The van der Waals surface area contributed by atoms with Gasteiger partial charge in [-0.05, 0) is 36.4 Å². The number of pyridine rings is 2. The zero-order chi connectivity index (χ0) is 17.1. The zero-order valence-corrected chi connectivity index (χ0v) is 13.8. The Labute approximate surface area is 146 Å². The number of hydrogen-bond donors (Lipinski definition) is 1. The van der Waals surface area contributed by atoms with Crippen LogP contribution in [0.15, 0.2) is 79.1 Å². The monoisotopic (exact) mass is 327 g/mol. The van der Waals surface area contributed by atoms with Crippen molar-refractivity contribution in [2.45, 2.75) is 0 Å². The van der Waals surface area contributed by atoms with Gasteiger partial charge in [-0.2, -0.15) is 0 Å². The maximum atomic E-state index is 5.34. The van der Waals surface area contributed by atoms with Crippen LogP contribution in [0.2, 0.25) is 0 Å². The molecule has 4 nitrogen and oxygen atoms in total. The number of benzene rings is 2. The van der Waals surface area contributed by atoms with E-state index in [0.29, 0.717) is 0 Å².